The highest BCUT2D eigenvalue weighted by molar-refractivity contribution is 5.81. The van der Waals surface area contributed by atoms with Gasteiger partial charge in [-0.3, -0.25) is 4.79 Å². The van der Waals surface area contributed by atoms with E-state index >= 15 is 0 Å². The molecular formula is C25H30O6. The van der Waals surface area contributed by atoms with E-state index in [9.17, 15) is 9.59 Å². The SMILES string of the molecule is C=CC(=O)OCCCOc1ccc(-c2ccc(OCCCOC(=O)C(C)C)cc2)cc1. The van der Waals surface area contributed by atoms with Crippen LogP contribution in [-0.2, 0) is 19.1 Å². The van der Waals surface area contributed by atoms with Gasteiger partial charge in [-0.2, -0.15) is 0 Å². The molecule has 0 aliphatic carbocycles. The number of ether oxygens (including phenoxy) is 4. The predicted octanol–water partition coefficient (Wildman–Crippen LogP) is 4.82. The van der Waals surface area contributed by atoms with Gasteiger partial charge in [0.1, 0.15) is 11.5 Å². The number of benzene rings is 2. The molecule has 0 unspecified atom stereocenters. The minimum Gasteiger partial charge on any atom is -0.493 e. The zero-order valence-electron chi connectivity index (χ0n) is 18.2. The lowest BCUT2D eigenvalue weighted by atomic mass is 10.1. The van der Waals surface area contributed by atoms with Gasteiger partial charge in [0.05, 0.1) is 32.3 Å². The molecule has 2 rings (SSSR count). The maximum Gasteiger partial charge on any atom is 0.330 e. The average molecular weight is 427 g/mol. The summed E-state index contributed by atoms with van der Waals surface area (Å²) in [5, 5.41) is 0. The molecule has 0 bridgehead atoms. The Balaban J connectivity index is 1.71. The van der Waals surface area contributed by atoms with Crippen LogP contribution in [0.25, 0.3) is 11.1 Å². The topological polar surface area (TPSA) is 71.1 Å². The van der Waals surface area contributed by atoms with E-state index in [-0.39, 0.29) is 11.9 Å². The minimum absolute atomic E-state index is 0.108. The van der Waals surface area contributed by atoms with Crippen LogP contribution in [0.1, 0.15) is 26.7 Å². The first kappa shape index (κ1) is 24.0. The van der Waals surface area contributed by atoms with Crippen LogP contribution in [0.2, 0.25) is 0 Å². The molecule has 0 amide bonds. The van der Waals surface area contributed by atoms with Gasteiger partial charge in [0.15, 0.2) is 0 Å². The number of carbonyl (C=O) groups excluding carboxylic acids is 2. The van der Waals surface area contributed by atoms with Crippen LogP contribution in [0.3, 0.4) is 0 Å². The molecule has 2 aromatic carbocycles. The number of carbonyl (C=O) groups is 2. The standard InChI is InChI=1S/C25H30O6/c1-4-24(26)30-17-5-15-28-22-11-7-20(8-12-22)21-9-13-23(14-10-21)29-16-6-18-31-25(27)19(2)3/h4,7-14,19H,1,5-6,15-18H2,2-3H3. The van der Waals surface area contributed by atoms with Crippen LogP contribution in [0.4, 0.5) is 0 Å². The van der Waals surface area contributed by atoms with E-state index in [1.165, 1.54) is 0 Å². The molecule has 6 heteroatoms. The van der Waals surface area contributed by atoms with Crippen LogP contribution in [0, 0.1) is 5.92 Å². The minimum atomic E-state index is -0.423. The third-order valence-electron chi connectivity index (χ3n) is 4.28. The van der Waals surface area contributed by atoms with Gasteiger partial charge in [0, 0.05) is 18.9 Å². The van der Waals surface area contributed by atoms with Gasteiger partial charge in [-0.15, -0.1) is 0 Å². The Kier molecular flexibility index (Phi) is 10.1. The summed E-state index contributed by atoms with van der Waals surface area (Å²) < 4.78 is 21.4. The summed E-state index contributed by atoms with van der Waals surface area (Å²) in [6, 6.07) is 15.6. The van der Waals surface area contributed by atoms with Crippen LogP contribution in [0.5, 0.6) is 11.5 Å². The molecule has 0 radical (unpaired) electrons. The van der Waals surface area contributed by atoms with Crippen molar-refractivity contribution in [1.82, 2.24) is 0 Å². The fourth-order valence-corrected chi connectivity index (χ4v) is 2.56. The molecule has 0 spiro atoms. The van der Waals surface area contributed by atoms with Crippen molar-refractivity contribution in [3.05, 3.63) is 61.2 Å². The lowest BCUT2D eigenvalue weighted by Gasteiger charge is -2.10. The Bertz CT molecular complexity index is 824. The number of hydrogen-bond acceptors (Lipinski definition) is 6. The second-order valence-electron chi connectivity index (χ2n) is 7.15. The third kappa shape index (κ3) is 8.95. The molecule has 0 aromatic heterocycles. The van der Waals surface area contributed by atoms with Crippen molar-refractivity contribution < 1.29 is 28.5 Å². The van der Waals surface area contributed by atoms with E-state index in [0.29, 0.717) is 39.3 Å². The Morgan fingerprint density at radius 3 is 1.65 bits per heavy atom. The Labute approximate surface area is 183 Å². The molecule has 0 atom stereocenters. The molecular weight excluding hydrogens is 396 g/mol. The van der Waals surface area contributed by atoms with Crippen molar-refractivity contribution >= 4 is 11.9 Å². The van der Waals surface area contributed by atoms with Crippen molar-refractivity contribution in [3.8, 4) is 22.6 Å². The summed E-state index contributed by atoms with van der Waals surface area (Å²) in [4.78, 5) is 22.3. The molecule has 0 saturated carbocycles. The lowest BCUT2D eigenvalue weighted by Crippen LogP contribution is -2.13. The molecule has 166 valence electrons. The fourth-order valence-electron chi connectivity index (χ4n) is 2.56. The summed E-state index contributed by atoms with van der Waals surface area (Å²) in [5.74, 6) is 0.818. The molecule has 0 aliphatic heterocycles. The molecule has 0 heterocycles. The fraction of sp³-hybridized carbons (Fsp3) is 0.360. The van der Waals surface area contributed by atoms with E-state index < -0.39 is 5.97 Å². The van der Waals surface area contributed by atoms with Gasteiger partial charge >= 0.3 is 11.9 Å². The largest absolute Gasteiger partial charge is 0.493 e. The molecule has 2 aromatic rings. The summed E-state index contributed by atoms with van der Waals surface area (Å²) in [5.41, 5.74) is 2.14. The van der Waals surface area contributed by atoms with Crippen molar-refractivity contribution in [2.75, 3.05) is 26.4 Å². The zero-order valence-corrected chi connectivity index (χ0v) is 18.2. The van der Waals surface area contributed by atoms with E-state index in [1.54, 1.807) is 0 Å². The quantitative estimate of drug-likeness (QED) is 0.260. The van der Waals surface area contributed by atoms with Gasteiger partial charge in [-0.1, -0.05) is 44.7 Å². The summed E-state index contributed by atoms with van der Waals surface area (Å²) >= 11 is 0. The molecule has 0 aliphatic rings. The maximum atomic E-state index is 11.4. The van der Waals surface area contributed by atoms with Crippen LogP contribution < -0.4 is 9.47 Å². The number of hydrogen-bond donors (Lipinski definition) is 0. The Hall–Kier alpha value is -3.28. The highest BCUT2D eigenvalue weighted by Crippen LogP contribution is 2.24. The van der Waals surface area contributed by atoms with Crippen LogP contribution >= 0.6 is 0 Å². The smallest absolute Gasteiger partial charge is 0.330 e. The maximum absolute atomic E-state index is 11.4. The van der Waals surface area contributed by atoms with Crippen LogP contribution in [-0.4, -0.2) is 38.4 Å². The highest BCUT2D eigenvalue weighted by Gasteiger charge is 2.07. The van der Waals surface area contributed by atoms with Gasteiger partial charge in [0.25, 0.3) is 0 Å². The second-order valence-corrected chi connectivity index (χ2v) is 7.15. The van der Waals surface area contributed by atoms with Crippen LogP contribution in [0.15, 0.2) is 61.2 Å². The summed E-state index contributed by atoms with van der Waals surface area (Å²) in [6.07, 6.45) is 2.41. The number of esters is 2. The second kappa shape index (κ2) is 13.1. The van der Waals surface area contributed by atoms with Crippen molar-refractivity contribution in [2.24, 2.45) is 5.92 Å². The molecule has 0 N–H and O–H groups in total. The van der Waals surface area contributed by atoms with Gasteiger partial charge < -0.3 is 18.9 Å². The molecule has 6 nitrogen and oxygen atoms in total. The van der Waals surface area contributed by atoms with E-state index in [4.69, 9.17) is 18.9 Å². The van der Waals surface area contributed by atoms with Gasteiger partial charge in [0.2, 0.25) is 0 Å². The highest BCUT2D eigenvalue weighted by atomic mass is 16.5. The van der Waals surface area contributed by atoms with E-state index in [0.717, 1.165) is 28.7 Å². The first-order valence-electron chi connectivity index (χ1n) is 10.4. The van der Waals surface area contributed by atoms with Crippen molar-refractivity contribution in [1.29, 1.82) is 0 Å². The van der Waals surface area contributed by atoms with Crippen molar-refractivity contribution in [3.63, 3.8) is 0 Å². The lowest BCUT2D eigenvalue weighted by molar-refractivity contribution is -0.147. The predicted molar refractivity (Wildman–Crippen MR) is 119 cm³/mol. The molecule has 31 heavy (non-hydrogen) atoms. The normalized spacial score (nSPS) is 10.4. The van der Waals surface area contributed by atoms with Gasteiger partial charge in [-0.25, -0.2) is 4.79 Å². The zero-order chi connectivity index (χ0) is 22.5. The average Bonchev–Trinajstić information content (AvgIpc) is 2.79. The van der Waals surface area contributed by atoms with E-state index in [2.05, 4.69) is 6.58 Å². The monoisotopic (exact) mass is 426 g/mol. The third-order valence-corrected chi connectivity index (χ3v) is 4.28. The molecule has 0 saturated heterocycles. The first-order chi connectivity index (χ1) is 15.0. The summed E-state index contributed by atoms with van der Waals surface area (Å²) in [7, 11) is 0. The molecule has 0 fully saturated rings. The Morgan fingerprint density at radius 1 is 0.774 bits per heavy atom. The first-order valence-corrected chi connectivity index (χ1v) is 10.4. The van der Waals surface area contributed by atoms with Gasteiger partial charge in [-0.05, 0) is 35.4 Å². The Morgan fingerprint density at radius 2 is 1.23 bits per heavy atom. The summed E-state index contributed by atoms with van der Waals surface area (Å²) in [6.45, 7) is 8.60. The number of rotatable bonds is 13. The van der Waals surface area contributed by atoms with Crippen molar-refractivity contribution in [2.45, 2.75) is 26.7 Å². The van der Waals surface area contributed by atoms with E-state index in [1.807, 2.05) is 62.4 Å².